The third-order valence-corrected chi connectivity index (χ3v) is 2.39. The normalized spacial score (nSPS) is 10.1. The van der Waals surface area contributed by atoms with Gasteiger partial charge in [-0.05, 0) is 30.3 Å². The van der Waals surface area contributed by atoms with Crippen LogP contribution in [-0.4, -0.2) is 11.0 Å². The summed E-state index contributed by atoms with van der Waals surface area (Å²) in [4.78, 5) is 11.8. The summed E-state index contributed by atoms with van der Waals surface area (Å²) in [5, 5.41) is 12.1. The first kappa shape index (κ1) is 11.9. The van der Waals surface area contributed by atoms with Crippen LogP contribution in [0.3, 0.4) is 0 Å². The second kappa shape index (κ2) is 4.75. The van der Waals surface area contributed by atoms with Gasteiger partial charge in [-0.2, -0.15) is 0 Å². The number of carbonyl (C=O) groups is 1. The van der Waals surface area contributed by atoms with Gasteiger partial charge in [-0.15, -0.1) is 0 Å². The summed E-state index contributed by atoms with van der Waals surface area (Å²) in [7, 11) is 0. The zero-order valence-electron chi connectivity index (χ0n) is 9.35. The predicted octanol–water partition coefficient (Wildman–Crippen LogP) is 2.37. The van der Waals surface area contributed by atoms with E-state index in [1.54, 1.807) is 12.1 Å². The van der Waals surface area contributed by atoms with Crippen molar-refractivity contribution >= 4 is 17.3 Å². The number of halogens is 1. The smallest absolute Gasteiger partial charge is 0.259 e. The number of hydrogen-bond donors (Lipinski definition) is 3. The van der Waals surface area contributed by atoms with Crippen molar-refractivity contribution in [3.8, 4) is 5.75 Å². The second-order valence-electron chi connectivity index (χ2n) is 3.71. The van der Waals surface area contributed by atoms with Gasteiger partial charge < -0.3 is 16.2 Å². The van der Waals surface area contributed by atoms with E-state index in [1.165, 1.54) is 30.3 Å². The topological polar surface area (TPSA) is 75.4 Å². The molecule has 5 heteroatoms. The summed E-state index contributed by atoms with van der Waals surface area (Å²) in [6.45, 7) is 0. The van der Waals surface area contributed by atoms with E-state index in [0.717, 1.165) is 0 Å². The third-order valence-electron chi connectivity index (χ3n) is 2.39. The molecule has 0 fully saturated rings. The molecular weight excluding hydrogens is 235 g/mol. The maximum absolute atomic E-state index is 12.9. The summed E-state index contributed by atoms with van der Waals surface area (Å²) in [5.41, 5.74) is 5.95. The number of nitrogens with one attached hydrogen (secondary N) is 1. The molecule has 4 nitrogen and oxygen atoms in total. The molecule has 0 aliphatic rings. The number of rotatable bonds is 2. The quantitative estimate of drug-likeness (QED) is 0.562. The van der Waals surface area contributed by atoms with Crippen molar-refractivity contribution < 1.29 is 14.3 Å². The van der Waals surface area contributed by atoms with E-state index in [2.05, 4.69) is 5.32 Å². The number of benzene rings is 2. The van der Waals surface area contributed by atoms with Gasteiger partial charge in [0.25, 0.3) is 5.91 Å². The number of phenolic OH excluding ortho intramolecular Hbond substituents is 1. The Morgan fingerprint density at radius 3 is 2.67 bits per heavy atom. The number of phenols is 1. The molecule has 92 valence electrons. The Labute approximate surface area is 103 Å². The highest BCUT2D eigenvalue weighted by molar-refractivity contribution is 6.07. The van der Waals surface area contributed by atoms with Crippen molar-refractivity contribution in [3.63, 3.8) is 0 Å². The zero-order valence-corrected chi connectivity index (χ0v) is 9.35. The number of carbonyl (C=O) groups excluding carboxylic acids is 1. The average Bonchev–Trinajstić information content (AvgIpc) is 2.32. The molecule has 2 rings (SSSR count). The predicted molar refractivity (Wildman–Crippen MR) is 66.9 cm³/mol. The van der Waals surface area contributed by atoms with Gasteiger partial charge in [0.1, 0.15) is 5.82 Å². The van der Waals surface area contributed by atoms with E-state index in [-0.39, 0.29) is 17.0 Å². The average molecular weight is 246 g/mol. The first-order valence-electron chi connectivity index (χ1n) is 5.22. The fourth-order valence-corrected chi connectivity index (χ4v) is 1.51. The SMILES string of the molecule is Nc1cccc(C(=O)Nc2cccc(F)c2)c1O. The van der Waals surface area contributed by atoms with Crippen LogP contribution in [0.25, 0.3) is 0 Å². The molecule has 1 amide bonds. The molecule has 0 bridgehead atoms. The molecule has 0 aromatic heterocycles. The van der Waals surface area contributed by atoms with E-state index in [4.69, 9.17) is 5.73 Å². The van der Waals surface area contributed by atoms with Gasteiger partial charge in [0.2, 0.25) is 0 Å². The maximum atomic E-state index is 12.9. The van der Waals surface area contributed by atoms with Crippen molar-refractivity contribution in [3.05, 3.63) is 53.8 Å². The van der Waals surface area contributed by atoms with Gasteiger partial charge >= 0.3 is 0 Å². The molecule has 2 aromatic rings. The third kappa shape index (κ3) is 2.40. The van der Waals surface area contributed by atoms with Crippen molar-refractivity contribution in [2.75, 3.05) is 11.1 Å². The van der Waals surface area contributed by atoms with Crippen LogP contribution in [0.15, 0.2) is 42.5 Å². The van der Waals surface area contributed by atoms with Crippen LogP contribution in [0.5, 0.6) is 5.75 Å². The van der Waals surface area contributed by atoms with Gasteiger partial charge in [-0.25, -0.2) is 4.39 Å². The molecule has 0 saturated carbocycles. The summed E-state index contributed by atoms with van der Waals surface area (Å²) in [6, 6.07) is 9.94. The van der Waals surface area contributed by atoms with Gasteiger partial charge in [-0.3, -0.25) is 4.79 Å². The summed E-state index contributed by atoms with van der Waals surface area (Å²) in [6.07, 6.45) is 0. The molecule has 0 saturated heterocycles. The minimum absolute atomic E-state index is 0.0410. The highest BCUT2D eigenvalue weighted by Gasteiger charge is 2.13. The molecule has 0 aliphatic heterocycles. The lowest BCUT2D eigenvalue weighted by Gasteiger charge is -2.08. The molecule has 0 unspecified atom stereocenters. The highest BCUT2D eigenvalue weighted by atomic mass is 19.1. The molecule has 2 aromatic carbocycles. The fraction of sp³-hybridized carbons (Fsp3) is 0. The summed E-state index contributed by atoms with van der Waals surface area (Å²) >= 11 is 0. The maximum Gasteiger partial charge on any atom is 0.259 e. The number of aromatic hydroxyl groups is 1. The largest absolute Gasteiger partial charge is 0.505 e. The van der Waals surface area contributed by atoms with Crippen molar-refractivity contribution in [2.45, 2.75) is 0 Å². The lowest BCUT2D eigenvalue weighted by molar-refractivity contribution is 0.102. The number of nitrogen functional groups attached to an aromatic ring is 1. The van der Waals surface area contributed by atoms with E-state index < -0.39 is 11.7 Å². The van der Waals surface area contributed by atoms with Crippen LogP contribution in [0.1, 0.15) is 10.4 Å². The first-order valence-corrected chi connectivity index (χ1v) is 5.22. The van der Waals surface area contributed by atoms with Gasteiger partial charge in [-0.1, -0.05) is 12.1 Å². The van der Waals surface area contributed by atoms with Gasteiger partial charge in [0.15, 0.2) is 5.75 Å². The van der Waals surface area contributed by atoms with E-state index in [0.29, 0.717) is 5.69 Å². The Bertz CT molecular complexity index is 599. The molecule has 4 N–H and O–H groups in total. The fourth-order valence-electron chi connectivity index (χ4n) is 1.51. The monoisotopic (exact) mass is 246 g/mol. The van der Waals surface area contributed by atoms with Crippen LogP contribution in [0, 0.1) is 5.82 Å². The molecular formula is C13H11FN2O2. The number of anilines is 2. The van der Waals surface area contributed by atoms with E-state index in [9.17, 15) is 14.3 Å². The first-order chi connectivity index (χ1) is 8.58. The van der Waals surface area contributed by atoms with Gasteiger partial charge in [0.05, 0.1) is 11.3 Å². The van der Waals surface area contributed by atoms with Crippen LogP contribution in [0.2, 0.25) is 0 Å². The lowest BCUT2D eigenvalue weighted by atomic mass is 10.1. The Morgan fingerprint density at radius 1 is 1.22 bits per heavy atom. The summed E-state index contributed by atoms with van der Waals surface area (Å²) < 4.78 is 12.9. The minimum atomic E-state index is -0.551. The van der Waals surface area contributed by atoms with Crippen molar-refractivity contribution in [2.24, 2.45) is 0 Å². The second-order valence-corrected chi connectivity index (χ2v) is 3.71. The Hall–Kier alpha value is -2.56. The Morgan fingerprint density at radius 2 is 1.94 bits per heavy atom. The lowest BCUT2D eigenvalue weighted by Crippen LogP contribution is -2.12. The van der Waals surface area contributed by atoms with E-state index in [1.807, 2.05) is 0 Å². The van der Waals surface area contributed by atoms with Crippen LogP contribution in [0.4, 0.5) is 15.8 Å². The Kier molecular flexibility index (Phi) is 3.14. The number of para-hydroxylation sites is 1. The van der Waals surface area contributed by atoms with Crippen LogP contribution < -0.4 is 11.1 Å². The highest BCUT2D eigenvalue weighted by Crippen LogP contribution is 2.25. The molecule has 0 radical (unpaired) electrons. The van der Waals surface area contributed by atoms with Crippen LogP contribution >= 0.6 is 0 Å². The van der Waals surface area contributed by atoms with E-state index >= 15 is 0 Å². The van der Waals surface area contributed by atoms with Crippen LogP contribution in [-0.2, 0) is 0 Å². The summed E-state index contributed by atoms with van der Waals surface area (Å²) in [5.74, 6) is -1.29. The minimum Gasteiger partial charge on any atom is -0.505 e. The van der Waals surface area contributed by atoms with Crippen molar-refractivity contribution in [1.29, 1.82) is 0 Å². The molecule has 18 heavy (non-hydrogen) atoms. The van der Waals surface area contributed by atoms with Gasteiger partial charge in [0, 0.05) is 5.69 Å². The zero-order chi connectivity index (χ0) is 13.1. The Balaban J connectivity index is 2.25. The number of amides is 1. The number of hydrogen-bond acceptors (Lipinski definition) is 3. The standard InChI is InChI=1S/C13H11FN2O2/c14-8-3-1-4-9(7-8)16-13(18)10-5-2-6-11(15)12(10)17/h1-7,17H,15H2,(H,16,18). The van der Waals surface area contributed by atoms with Crippen molar-refractivity contribution in [1.82, 2.24) is 0 Å². The molecule has 0 spiro atoms. The molecule has 0 atom stereocenters. The molecule has 0 aliphatic carbocycles. The number of nitrogens with two attached hydrogens (primary N) is 1. The molecule has 0 heterocycles.